The van der Waals surface area contributed by atoms with Crippen molar-refractivity contribution in [3.8, 4) is 5.75 Å². The summed E-state index contributed by atoms with van der Waals surface area (Å²) in [6.07, 6.45) is 0. The molecule has 0 fully saturated rings. The topological polar surface area (TPSA) is 35.0 Å². The molecule has 0 N–H and O–H groups in total. The van der Waals surface area contributed by atoms with Crippen LogP contribution in [-0.4, -0.2) is 16.8 Å². The Morgan fingerprint density at radius 1 is 1.17 bits per heavy atom. The molecule has 3 nitrogen and oxygen atoms in total. The number of rotatable bonds is 2. The smallest absolute Gasteiger partial charge is 0.195 e. The Hall–Kier alpha value is -0.250. The summed E-state index contributed by atoms with van der Waals surface area (Å²) < 4.78 is 5.10. The molecule has 0 aliphatic rings. The second-order valence-corrected chi connectivity index (χ2v) is 2.95. The molecule has 12 heavy (non-hydrogen) atoms. The molecule has 1 aromatic rings. The van der Waals surface area contributed by atoms with Crippen LogP contribution in [0.25, 0.3) is 0 Å². The summed E-state index contributed by atoms with van der Waals surface area (Å²) >= 11 is 16.9. The van der Waals surface area contributed by atoms with E-state index in [9.17, 15) is 0 Å². The van der Waals surface area contributed by atoms with Crippen LogP contribution in [0.4, 0.5) is 0 Å². The monoisotopic (exact) mass is 226 g/mol. The molecule has 0 aliphatic carbocycles. The van der Waals surface area contributed by atoms with Crippen molar-refractivity contribution in [3.63, 3.8) is 0 Å². The Balaban J connectivity index is 3.14. The SMILES string of the molecule is CCOc1c(Cl)nnc(Cl)c1Cl. The second kappa shape index (κ2) is 4.12. The Kier molecular flexibility index (Phi) is 3.38. The Labute approximate surface area is 84.6 Å². The fourth-order valence-electron chi connectivity index (χ4n) is 0.629. The standard InChI is InChI=1S/C6H5Cl3N2O/c1-2-12-4-3(7)5(8)10-11-6(4)9/h2H2,1H3. The molecule has 0 atom stereocenters. The van der Waals surface area contributed by atoms with Crippen LogP contribution < -0.4 is 4.74 Å². The van der Waals surface area contributed by atoms with Gasteiger partial charge in [0.15, 0.2) is 16.1 Å². The normalized spacial score (nSPS) is 10.0. The highest BCUT2D eigenvalue weighted by molar-refractivity contribution is 6.43. The minimum absolute atomic E-state index is 0.0875. The van der Waals surface area contributed by atoms with Crippen LogP contribution in [0.5, 0.6) is 5.75 Å². The summed E-state index contributed by atoms with van der Waals surface area (Å²) in [5.41, 5.74) is 0. The van der Waals surface area contributed by atoms with E-state index in [0.717, 1.165) is 0 Å². The lowest BCUT2D eigenvalue weighted by molar-refractivity contribution is 0.338. The molecule has 0 aromatic carbocycles. The molecule has 66 valence electrons. The maximum atomic E-state index is 5.73. The van der Waals surface area contributed by atoms with Gasteiger partial charge >= 0.3 is 0 Å². The van der Waals surface area contributed by atoms with Crippen LogP contribution in [0.2, 0.25) is 15.3 Å². The first-order valence-electron chi connectivity index (χ1n) is 3.16. The largest absolute Gasteiger partial charge is 0.489 e. The van der Waals surface area contributed by atoms with Gasteiger partial charge in [-0.05, 0) is 6.92 Å². The van der Waals surface area contributed by atoms with E-state index in [1.54, 1.807) is 6.92 Å². The molecular formula is C6H5Cl3N2O. The predicted octanol–water partition coefficient (Wildman–Crippen LogP) is 2.84. The van der Waals surface area contributed by atoms with E-state index in [1.807, 2.05) is 0 Å². The summed E-state index contributed by atoms with van der Waals surface area (Å²) in [6.45, 7) is 2.25. The van der Waals surface area contributed by atoms with Gasteiger partial charge in [-0.1, -0.05) is 34.8 Å². The van der Waals surface area contributed by atoms with Crippen molar-refractivity contribution in [3.05, 3.63) is 15.3 Å². The molecule has 1 rings (SSSR count). The van der Waals surface area contributed by atoms with Crippen LogP contribution in [-0.2, 0) is 0 Å². The maximum Gasteiger partial charge on any atom is 0.195 e. The summed E-state index contributed by atoms with van der Waals surface area (Å²) in [5.74, 6) is 0.279. The van der Waals surface area contributed by atoms with E-state index in [1.165, 1.54) is 0 Å². The van der Waals surface area contributed by atoms with E-state index in [4.69, 9.17) is 39.5 Å². The molecule has 0 radical (unpaired) electrons. The fraction of sp³-hybridized carbons (Fsp3) is 0.333. The molecule has 0 spiro atoms. The third-order valence-corrected chi connectivity index (χ3v) is 2.04. The van der Waals surface area contributed by atoms with Crippen LogP contribution in [0.15, 0.2) is 0 Å². The number of ether oxygens (including phenoxy) is 1. The Bertz CT molecular complexity index is 292. The summed E-state index contributed by atoms with van der Waals surface area (Å²) in [7, 11) is 0. The highest BCUT2D eigenvalue weighted by Crippen LogP contribution is 2.34. The summed E-state index contributed by atoms with van der Waals surface area (Å²) in [6, 6.07) is 0. The van der Waals surface area contributed by atoms with Gasteiger partial charge < -0.3 is 4.74 Å². The van der Waals surface area contributed by atoms with Gasteiger partial charge in [0.2, 0.25) is 0 Å². The average Bonchev–Trinajstić information content (AvgIpc) is 2.06. The zero-order valence-electron chi connectivity index (χ0n) is 6.14. The number of halogens is 3. The van der Waals surface area contributed by atoms with E-state index >= 15 is 0 Å². The van der Waals surface area contributed by atoms with Crippen molar-refractivity contribution in [1.29, 1.82) is 0 Å². The van der Waals surface area contributed by atoms with Crippen molar-refractivity contribution in [2.75, 3.05) is 6.61 Å². The van der Waals surface area contributed by atoms with Gasteiger partial charge in [-0.15, -0.1) is 10.2 Å². The number of aromatic nitrogens is 2. The average molecular weight is 227 g/mol. The molecule has 0 amide bonds. The highest BCUT2D eigenvalue weighted by atomic mass is 35.5. The third-order valence-electron chi connectivity index (χ3n) is 1.08. The van der Waals surface area contributed by atoms with Crippen molar-refractivity contribution >= 4 is 34.8 Å². The van der Waals surface area contributed by atoms with Gasteiger partial charge in [-0.2, -0.15) is 0 Å². The van der Waals surface area contributed by atoms with Crippen LogP contribution >= 0.6 is 34.8 Å². The first kappa shape index (κ1) is 9.84. The summed E-state index contributed by atoms with van der Waals surface area (Å²) in [4.78, 5) is 0. The Morgan fingerprint density at radius 2 is 1.75 bits per heavy atom. The molecule has 0 unspecified atom stereocenters. The lowest BCUT2D eigenvalue weighted by atomic mass is 10.5. The predicted molar refractivity (Wildman–Crippen MR) is 48.2 cm³/mol. The Morgan fingerprint density at radius 3 is 2.33 bits per heavy atom. The van der Waals surface area contributed by atoms with E-state index in [2.05, 4.69) is 10.2 Å². The zero-order chi connectivity index (χ0) is 9.14. The van der Waals surface area contributed by atoms with Gasteiger partial charge in [0.05, 0.1) is 6.61 Å². The summed E-state index contributed by atoms with van der Waals surface area (Å²) in [5, 5.41) is 7.42. The molecule has 1 heterocycles. The third kappa shape index (κ3) is 1.91. The fourth-order valence-corrected chi connectivity index (χ4v) is 1.17. The van der Waals surface area contributed by atoms with Gasteiger partial charge in [0, 0.05) is 0 Å². The number of hydrogen-bond acceptors (Lipinski definition) is 3. The first-order chi connectivity index (χ1) is 5.66. The zero-order valence-corrected chi connectivity index (χ0v) is 8.41. The van der Waals surface area contributed by atoms with E-state index < -0.39 is 0 Å². The van der Waals surface area contributed by atoms with Gasteiger partial charge in [0.1, 0.15) is 5.02 Å². The van der Waals surface area contributed by atoms with Crippen molar-refractivity contribution in [1.82, 2.24) is 10.2 Å². The van der Waals surface area contributed by atoms with Crippen molar-refractivity contribution < 1.29 is 4.74 Å². The van der Waals surface area contributed by atoms with Crippen LogP contribution in [0.3, 0.4) is 0 Å². The van der Waals surface area contributed by atoms with Gasteiger partial charge in [-0.3, -0.25) is 0 Å². The van der Waals surface area contributed by atoms with E-state index in [0.29, 0.717) is 6.61 Å². The molecule has 0 aliphatic heterocycles. The molecule has 0 saturated heterocycles. The lowest BCUT2D eigenvalue weighted by Gasteiger charge is -2.05. The van der Waals surface area contributed by atoms with Crippen LogP contribution in [0, 0.1) is 0 Å². The molecule has 6 heteroatoms. The maximum absolute atomic E-state index is 5.73. The van der Waals surface area contributed by atoms with E-state index in [-0.39, 0.29) is 21.1 Å². The van der Waals surface area contributed by atoms with Crippen LogP contribution in [0.1, 0.15) is 6.92 Å². The first-order valence-corrected chi connectivity index (χ1v) is 4.30. The lowest BCUT2D eigenvalue weighted by Crippen LogP contribution is -1.96. The highest BCUT2D eigenvalue weighted by Gasteiger charge is 2.12. The molecule has 0 bridgehead atoms. The number of hydrogen-bond donors (Lipinski definition) is 0. The minimum Gasteiger partial charge on any atom is -0.489 e. The van der Waals surface area contributed by atoms with Crippen molar-refractivity contribution in [2.24, 2.45) is 0 Å². The quantitative estimate of drug-likeness (QED) is 0.779. The molecule has 1 aromatic heterocycles. The number of nitrogens with zero attached hydrogens (tertiary/aromatic N) is 2. The van der Waals surface area contributed by atoms with Gasteiger partial charge in [-0.25, -0.2) is 0 Å². The molecule has 0 saturated carbocycles. The second-order valence-electron chi connectivity index (χ2n) is 1.86. The minimum atomic E-state index is 0.0875. The van der Waals surface area contributed by atoms with Gasteiger partial charge in [0.25, 0.3) is 0 Å². The van der Waals surface area contributed by atoms with Crippen molar-refractivity contribution in [2.45, 2.75) is 6.92 Å². The molecular weight excluding hydrogens is 222 g/mol.